The molecule has 2 amide bonds. The van der Waals surface area contributed by atoms with Gasteiger partial charge in [0.2, 0.25) is 0 Å². The zero-order valence-corrected chi connectivity index (χ0v) is 22.3. The molecule has 2 aromatic carbocycles. The van der Waals surface area contributed by atoms with E-state index in [9.17, 15) is 19.1 Å². The van der Waals surface area contributed by atoms with E-state index in [4.69, 9.17) is 16.3 Å². The largest absolute Gasteiger partial charge is 0.478 e. The van der Waals surface area contributed by atoms with Crippen LogP contribution in [0.1, 0.15) is 51.5 Å². The van der Waals surface area contributed by atoms with Gasteiger partial charge in [-0.25, -0.2) is 14.0 Å². The lowest BCUT2D eigenvalue weighted by molar-refractivity contribution is -0.131. The number of nitrogens with zero attached hydrogens (tertiary/aromatic N) is 1. The average Bonchev–Trinajstić information content (AvgIpc) is 2.84. The molecule has 9 heteroatoms. The molecule has 0 unspecified atom stereocenters. The van der Waals surface area contributed by atoms with Crippen molar-refractivity contribution in [1.82, 2.24) is 0 Å². The minimum Gasteiger partial charge on any atom is -0.478 e. The number of carboxylic acid groups (broad SMARTS) is 1. The van der Waals surface area contributed by atoms with Crippen LogP contribution < -0.4 is 15.5 Å². The summed E-state index contributed by atoms with van der Waals surface area (Å²) in [6.07, 6.45) is 6.73. The van der Waals surface area contributed by atoms with Crippen molar-refractivity contribution < 1.29 is 23.8 Å². The van der Waals surface area contributed by atoms with Gasteiger partial charge in [-0.2, -0.15) is 0 Å². The number of hydrogen-bond donors (Lipinski definition) is 3. The van der Waals surface area contributed by atoms with E-state index in [0.717, 1.165) is 50.1 Å². The van der Waals surface area contributed by atoms with Crippen molar-refractivity contribution in [1.29, 1.82) is 0 Å². The highest BCUT2D eigenvalue weighted by Gasteiger charge is 2.25. The van der Waals surface area contributed by atoms with Crippen LogP contribution in [0.25, 0.3) is 5.57 Å². The standard InChI is InChI=1S/C28H35ClFN3O4/c1-18(2)16-33(22-7-5-4-6-8-22)26-12-9-19(20(17-37-3)14-27(34)35)13-25(26)32-28(36)31-24-11-10-21(29)15-23(24)30/h9-15,18,22H,4-8,16-17H2,1-3H3,(H,34,35)(H2,31,32,36). The van der Waals surface area contributed by atoms with E-state index < -0.39 is 17.8 Å². The van der Waals surface area contributed by atoms with Crippen LogP contribution in [0.2, 0.25) is 5.02 Å². The summed E-state index contributed by atoms with van der Waals surface area (Å²) in [7, 11) is 1.49. The Morgan fingerprint density at radius 2 is 1.84 bits per heavy atom. The summed E-state index contributed by atoms with van der Waals surface area (Å²) in [6, 6.07) is 9.23. The second-order valence-electron chi connectivity index (χ2n) is 9.71. The van der Waals surface area contributed by atoms with Gasteiger partial charge in [-0.15, -0.1) is 0 Å². The summed E-state index contributed by atoms with van der Waals surface area (Å²) in [5, 5.41) is 15.0. The smallest absolute Gasteiger partial charge is 0.328 e. The van der Waals surface area contributed by atoms with Crippen molar-refractivity contribution in [2.24, 2.45) is 5.92 Å². The van der Waals surface area contributed by atoms with Crippen LogP contribution in [0, 0.1) is 11.7 Å². The molecule has 0 bridgehead atoms. The van der Waals surface area contributed by atoms with E-state index in [0.29, 0.717) is 28.8 Å². The number of benzene rings is 2. The minimum absolute atomic E-state index is 0.00299. The van der Waals surface area contributed by atoms with E-state index in [1.807, 2.05) is 12.1 Å². The van der Waals surface area contributed by atoms with Gasteiger partial charge in [-0.1, -0.05) is 50.8 Å². The number of amides is 2. The normalized spacial score (nSPS) is 14.5. The Hall–Kier alpha value is -3.10. The summed E-state index contributed by atoms with van der Waals surface area (Å²) in [5.41, 5.74) is 2.40. The number of methoxy groups -OCH3 is 1. The quantitative estimate of drug-likeness (QED) is 0.286. The number of carbonyl (C=O) groups excluding carboxylic acids is 1. The highest BCUT2D eigenvalue weighted by Crippen LogP contribution is 2.35. The van der Waals surface area contributed by atoms with Gasteiger partial charge in [0.05, 0.1) is 23.7 Å². The molecule has 37 heavy (non-hydrogen) atoms. The third-order valence-corrected chi connectivity index (χ3v) is 6.51. The molecular weight excluding hydrogens is 497 g/mol. The van der Waals surface area contributed by atoms with E-state index in [1.165, 1.54) is 25.7 Å². The van der Waals surface area contributed by atoms with Crippen LogP contribution >= 0.6 is 11.6 Å². The number of nitrogens with one attached hydrogen (secondary N) is 2. The van der Waals surface area contributed by atoms with Crippen molar-refractivity contribution in [2.75, 3.05) is 35.8 Å². The molecule has 3 N–H and O–H groups in total. The number of urea groups is 1. The highest BCUT2D eigenvalue weighted by atomic mass is 35.5. The van der Waals surface area contributed by atoms with Crippen molar-refractivity contribution in [3.8, 4) is 0 Å². The van der Waals surface area contributed by atoms with Gasteiger partial charge in [0.25, 0.3) is 0 Å². The van der Waals surface area contributed by atoms with Gasteiger partial charge in [0.1, 0.15) is 5.82 Å². The first-order valence-electron chi connectivity index (χ1n) is 12.5. The Kier molecular flexibility index (Phi) is 10.3. The first kappa shape index (κ1) is 28.5. The average molecular weight is 532 g/mol. The third kappa shape index (κ3) is 8.20. The number of ether oxygens (including phenoxy) is 1. The van der Waals surface area contributed by atoms with E-state index in [2.05, 4.69) is 29.4 Å². The Bertz CT molecular complexity index is 1130. The lowest BCUT2D eigenvalue weighted by Crippen LogP contribution is -2.40. The number of hydrogen-bond acceptors (Lipinski definition) is 4. The van der Waals surface area contributed by atoms with E-state index in [1.54, 1.807) is 6.07 Å². The Balaban J connectivity index is 2.02. The minimum atomic E-state index is -1.09. The molecule has 0 radical (unpaired) electrons. The Morgan fingerprint density at radius 1 is 1.14 bits per heavy atom. The second-order valence-corrected chi connectivity index (χ2v) is 10.2. The summed E-state index contributed by atoms with van der Waals surface area (Å²) >= 11 is 5.83. The molecule has 7 nitrogen and oxygen atoms in total. The monoisotopic (exact) mass is 531 g/mol. The van der Waals surface area contributed by atoms with Gasteiger partial charge < -0.3 is 25.4 Å². The Labute approximate surface area is 222 Å². The molecule has 3 rings (SSSR count). The maximum absolute atomic E-state index is 14.3. The summed E-state index contributed by atoms with van der Waals surface area (Å²) < 4.78 is 19.5. The highest BCUT2D eigenvalue weighted by molar-refractivity contribution is 6.30. The molecule has 0 saturated heterocycles. The van der Waals surface area contributed by atoms with Gasteiger partial charge in [0.15, 0.2) is 0 Å². The number of carbonyl (C=O) groups is 2. The zero-order valence-electron chi connectivity index (χ0n) is 21.5. The molecule has 2 aromatic rings. The number of anilines is 3. The Morgan fingerprint density at radius 3 is 2.46 bits per heavy atom. The van der Waals surface area contributed by atoms with Crippen LogP contribution in [0.5, 0.6) is 0 Å². The fourth-order valence-corrected chi connectivity index (χ4v) is 4.85. The zero-order chi connectivity index (χ0) is 26.9. The fourth-order valence-electron chi connectivity index (χ4n) is 4.70. The molecule has 0 atom stereocenters. The van der Waals surface area contributed by atoms with Crippen LogP contribution in [0.4, 0.5) is 26.2 Å². The van der Waals surface area contributed by atoms with Crippen LogP contribution in [-0.2, 0) is 9.53 Å². The van der Waals surface area contributed by atoms with Crippen molar-refractivity contribution in [3.05, 3.63) is 58.9 Å². The molecule has 200 valence electrons. The van der Waals surface area contributed by atoms with E-state index in [-0.39, 0.29) is 17.3 Å². The van der Waals surface area contributed by atoms with Gasteiger partial charge in [-0.3, -0.25) is 0 Å². The molecule has 0 aromatic heterocycles. The number of carboxylic acids is 1. The summed E-state index contributed by atoms with van der Waals surface area (Å²) in [5.74, 6) is -1.36. The van der Waals surface area contributed by atoms with Crippen molar-refractivity contribution in [2.45, 2.75) is 52.0 Å². The topological polar surface area (TPSA) is 90.9 Å². The maximum atomic E-state index is 14.3. The first-order chi connectivity index (χ1) is 17.7. The van der Waals surface area contributed by atoms with E-state index >= 15 is 0 Å². The third-order valence-electron chi connectivity index (χ3n) is 6.28. The van der Waals surface area contributed by atoms with Crippen molar-refractivity contribution >= 4 is 46.2 Å². The second kappa shape index (κ2) is 13.4. The van der Waals surface area contributed by atoms with Crippen LogP contribution in [-0.4, -0.2) is 43.4 Å². The molecule has 0 heterocycles. The first-order valence-corrected chi connectivity index (χ1v) is 12.9. The lowest BCUT2D eigenvalue weighted by Gasteiger charge is -2.38. The molecule has 1 saturated carbocycles. The van der Waals surface area contributed by atoms with Gasteiger partial charge in [0, 0.05) is 30.8 Å². The SMILES string of the molecule is COCC(=CC(=O)O)c1ccc(N(CC(C)C)C2CCCCC2)c(NC(=O)Nc2ccc(Cl)cc2F)c1. The van der Waals surface area contributed by atoms with Crippen LogP contribution in [0.3, 0.4) is 0 Å². The predicted octanol–water partition coefficient (Wildman–Crippen LogP) is 7.03. The molecule has 1 fully saturated rings. The molecule has 1 aliphatic rings. The molecular formula is C28H35ClFN3O4. The van der Waals surface area contributed by atoms with Gasteiger partial charge in [-0.05, 0) is 60.2 Å². The summed E-state index contributed by atoms with van der Waals surface area (Å²) in [4.78, 5) is 26.8. The van der Waals surface area contributed by atoms with Gasteiger partial charge >= 0.3 is 12.0 Å². The number of aliphatic carboxylic acids is 1. The lowest BCUT2D eigenvalue weighted by atomic mass is 9.92. The fraction of sp³-hybridized carbons (Fsp3) is 0.429. The molecule has 0 aliphatic heterocycles. The molecule has 1 aliphatic carbocycles. The van der Waals surface area contributed by atoms with Crippen LogP contribution in [0.15, 0.2) is 42.5 Å². The summed E-state index contributed by atoms with van der Waals surface area (Å²) in [6.45, 7) is 5.19. The van der Waals surface area contributed by atoms with Crippen molar-refractivity contribution in [3.63, 3.8) is 0 Å². The number of rotatable bonds is 10. The predicted molar refractivity (Wildman–Crippen MR) is 147 cm³/mol. The maximum Gasteiger partial charge on any atom is 0.328 e. The molecule has 0 spiro atoms. The number of halogens is 2.